The number of carbonyl (C=O) groups is 1. The highest BCUT2D eigenvalue weighted by atomic mass is 16.5. The van der Waals surface area contributed by atoms with E-state index in [0.29, 0.717) is 5.69 Å². The summed E-state index contributed by atoms with van der Waals surface area (Å²) >= 11 is 0. The minimum atomic E-state index is -0.173. The first-order valence-corrected chi connectivity index (χ1v) is 5.71. The zero-order valence-corrected chi connectivity index (χ0v) is 10.5. The summed E-state index contributed by atoms with van der Waals surface area (Å²) in [5.41, 5.74) is 0.716. The predicted molar refractivity (Wildman–Crippen MR) is 67.3 cm³/mol. The third-order valence-electron chi connectivity index (χ3n) is 2.31. The van der Waals surface area contributed by atoms with Crippen LogP contribution in [0, 0.1) is 0 Å². The van der Waals surface area contributed by atoms with E-state index in [1.165, 1.54) is 7.11 Å². The van der Waals surface area contributed by atoms with Crippen LogP contribution in [0.3, 0.4) is 0 Å². The second kappa shape index (κ2) is 6.91. The van der Waals surface area contributed by atoms with E-state index in [1.807, 2.05) is 25.1 Å². The average Bonchev–Trinajstić information content (AvgIpc) is 2.29. The fourth-order valence-corrected chi connectivity index (χ4v) is 1.29. The molecule has 0 spiro atoms. The van der Waals surface area contributed by atoms with E-state index >= 15 is 0 Å². The fourth-order valence-electron chi connectivity index (χ4n) is 1.29. The summed E-state index contributed by atoms with van der Waals surface area (Å²) in [6.07, 6.45) is 1.11. The summed E-state index contributed by atoms with van der Waals surface area (Å²) < 4.78 is 10.4. The molecule has 1 aromatic carbocycles. The van der Waals surface area contributed by atoms with E-state index in [9.17, 15) is 4.79 Å². The topological polar surface area (TPSA) is 47.6 Å². The molecule has 1 unspecified atom stereocenters. The predicted octanol–water partition coefficient (Wildman–Crippen LogP) is 2.45. The van der Waals surface area contributed by atoms with Crippen LogP contribution in [0.15, 0.2) is 24.3 Å². The molecule has 0 saturated carbocycles. The van der Waals surface area contributed by atoms with E-state index in [0.717, 1.165) is 12.2 Å². The second-order valence-corrected chi connectivity index (χ2v) is 3.85. The Labute approximate surface area is 102 Å². The van der Waals surface area contributed by atoms with Crippen molar-refractivity contribution < 1.29 is 14.3 Å². The summed E-state index contributed by atoms with van der Waals surface area (Å²) in [5, 5.41) is 2.73. The smallest absolute Gasteiger partial charge is 0.250 e. The van der Waals surface area contributed by atoms with Gasteiger partial charge in [0.05, 0.1) is 6.10 Å². The standard InChI is InChI=1S/C13H19NO3/c1-4-10(2)17-12-7-5-6-11(8-12)14-13(15)9-16-3/h5-8,10H,4,9H2,1-3H3,(H,14,15). The molecule has 0 bridgehead atoms. The van der Waals surface area contributed by atoms with Gasteiger partial charge < -0.3 is 14.8 Å². The van der Waals surface area contributed by atoms with E-state index in [2.05, 4.69) is 12.2 Å². The molecule has 1 aromatic rings. The highest BCUT2D eigenvalue weighted by Crippen LogP contribution is 2.19. The fraction of sp³-hybridized carbons (Fsp3) is 0.462. The van der Waals surface area contributed by atoms with Crippen molar-refractivity contribution in [3.63, 3.8) is 0 Å². The van der Waals surface area contributed by atoms with E-state index in [-0.39, 0.29) is 18.6 Å². The monoisotopic (exact) mass is 237 g/mol. The van der Waals surface area contributed by atoms with Crippen LogP contribution in [0.4, 0.5) is 5.69 Å². The molecule has 0 aliphatic rings. The van der Waals surface area contributed by atoms with Gasteiger partial charge in [-0.1, -0.05) is 13.0 Å². The number of amides is 1. The Bertz CT molecular complexity index is 365. The maximum absolute atomic E-state index is 11.3. The summed E-state index contributed by atoms with van der Waals surface area (Å²) in [5.74, 6) is 0.586. The molecule has 4 heteroatoms. The number of carbonyl (C=O) groups excluding carboxylic acids is 1. The van der Waals surface area contributed by atoms with E-state index < -0.39 is 0 Å². The van der Waals surface area contributed by atoms with Crippen LogP contribution in [0.1, 0.15) is 20.3 Å². The minimum Gasteiger partial charge on any atom is -0.491 e. The maximum atomic E-state index is 11.3. The van der Waals surface area contributed by atoms with Crippen LogP contribution in [0.2, 0.25) is 0 Å². The van der Waals surface area contributed by atoms with Gasteiger partial charge in [0.2, 0.25) is 5.91 Å². The number of rotatable bonds is 6. The molecular weight excluding hydrogens is 218 g/mol. The first kappa shape index (κ1) is 13.5. The molecule has 0 heterocycles. The lowest BCUT2D eigenvalue weighted by atomic mass is 10.2. The number of benzene rings is 1. The third-order valence-corrected chi connectivity index (χ3v) is 2.31. The van der Waals surface area contributed by atoms with E-state index in [1.54, 1.807) is 6.07 Å². The van der Waals surface area contributed by atoms with Crippen molar-refractivity contribution in [2.45, 2.75) is 26.4 Å². The summed E-state index contributed by atoms with van der Waals surface area (Å²) in [6.45, 7) is 4.13. The Kier molecular flexibility index (Phi) is 5.49. The van der Waals surface area contributed by atoms with Crippen LogP contribution >= 0.6 is 0 Å². The summed E-state index contributed by atoms with van der Waals surface area (Å²) in [6, 6.07) is 7.34. The number of hydrogen-bond donors (Lipinski definition) is 1. The SMILES string of the molecule is CCC(C)Oc1cccc(NC(=O)COC)c1. The molecule has 0 aromatic heterocycles. The van der Waals surface area contributed by atoms with Gasteiger partial charge in [0.25, 0.3) is 0 Å². The maximum Gasteiger partial charge on any atom is 0.250 e. The lowest BCUT2D eigenvalue weighted by molar-refractivity contribution is -0.119. The summed E-state index contributed by atoms with van der Waals surface area (Å²) in [4.78, 5) is 11.3. The van der Waals surface area contributed by atoms with Crippen molar-refractivity contribution in [2.24, 2.45) is 0 Å². The zero-order chi connectivity index (χ0) is 12.7. The number of nitrogens with one attached hydrogen (secondary N) is 1. The van der Waals surface area contributed by atoms with E-state index in [4.69, 9.17) is 9.47 Å². The van der Waals surface area contributed by atoms with Crippen LogP contribution < -0.4 is 10.1 Å². The normalized spacial score (nSPS) is 11.9. The Hall–Kier alpha value is -1.55. The molecule has 1 N–H and O–H groups in total. The Balaban J connectivity index is 2.62. The molecule has 0 aliphatic carbocycles. The largest absolute Gasteiger partial charge is 0.491 e. The Morgan fingerprint density at radius 2 is 2.24 bits per heavy atom. The first-order valence-electron chi connectivity index (χ1n) is 5.71. The number of ether oxygens (including phenoxy) is 2. The number of methoxy groups -OCH3 is 1. The van der Waals surface area contributed by atoms with Gasteiger partial charge in [0, 0.05) is 18.9 Å². The molecule has 94 valence electrons. The molecule has 0 aliphatic heterocycles. The zero-order valence-electron chi connectivity index (χ0n) is 10.5. The van der Waals surface area contributed by atoms with Crippen molar-refractivity contribution in [1.82, 2.24) is 0 Å². The molecule has 1 rings (SSSR count). The first-order chi connectivity index (χ1) is 8.15. The lowest BCUT2D eigenvalue weighted by Gasteiger charge is -2.13. The molecule has 1 amide bonds. The molecular formula is C13H19NO3. The Morgan fingerprint density at radius 1 is 1.47 bits per heavy atom. The van der Waals surface area contributed by atoms with Gasteiger partial charge in [-0.2, -0.15) is 0 Å². The van der Waals surface area contributed by atoms with Gasteiger partial charge in [-0.15, -0.1) is 0 Å². The highest BCUT2D eigenvalue weighted by molar-refractivity contribution is 5.91. The van der Waals surface area contributed by atoms with Crippen molar-refractivity contribution in [3.8, 4) is 5.75 Å². The molecule has 1 atom stereocenters. The summed E-state index contributed by atoms with van der Waals surface area (Å²) in [7, 11) is 1.49. The number of anilines is 1. The quantitative estimate of drug-likeness (QED) is 0.826. The van der Waals surface area contributed by atoms with Gasteiger partial charge in [-0.25, -0.2) is 0 Å². The van der Waals surface area contributed by atoms with Gasteiger partial charge in [-0.3, -0.25) is 4.79 Å². The Morgan fingerprint density at radius 3 is 2.88 bits per heavy atom. The highest BCUT2D eigenvalue weighted by Gasteiger charge is 2.04. The third kappa shape index (κ3) is 4.87. The van der Waals surface area contributed by atoms with Crippen molar-refractivity contribution in [1.29, 1.82) is 0 Å². The van der Waals surface area contributed by atoms with Gasteiger partial charge in [-0.05, 0) is 25.5 Å². The molecule has 0 fully saturated rings. The second-order valence-electron chi connectivity index (χ2n) is 3.85. The van der Waals surface area contributed by atoms with Crippen LogP contribution in [-0.2, 0) is 9.53 Å². The van der Waals surface area contributed by atoms with Crippen molar-refractivity contribution in [2.75, 3.05) is 19.0 Å². The van der Waals surface area contributed by atoms with Gasteiger partial charge in [0.1, 0.15) is 12.4 Å². The molecule has 0 radical (unpaired) electrons. The molecule has 17 heavy (non-hydrogen) atoms. The van der Waals surface area contributed by atoms with Crippen molar-refractivity contribution >= 4 is 11.6 Å². The van der Waals surface area contributed by atoms with Gasteiger partial charge >= 0.3 is 0 Å². The van der Waals surface area contributed by atoms with Crippen LogP contribution in [0.25, 0.3) is 0 Å². The van der Waals surface area contributed by atoms with Crippen LogP contribution in [-0.4, -0.2) is 25.7 Å². The molecule has 4 nitrogen and oxygen atoms in total. The van der Waals surface area contributed by atoms with Gasteiger partial charge in [0.15, 0.2) is 0 Å². The van der Waals surface area contributed by atoms with Crippen LogP contribution in [0.5, 0.6) is 5.75 Å². The minimum absolute atomic E-state index is 0.0520. The number of hydrogen-bond acceptors (Lipinski definition) is 3. The van der Waals surface area contributed by atoms with Crippen molar-refractivity contribution in [3.05, 3.63) is 24.3 Å². The lowest BCUT2D eigenvalue weighted by Crippen LogP contribution is -2.17. The molecule has 0 saturated heterocycles. The average molecular weight is 237 g/mol.